The first kappa shape index (κ1) is 52.3. The minimum Gasteiger partial charge on any atom is -0.244 e. The first-order chi connectivity index (χ1) is 25.4. The van der Waals surface area contributed by atoms with Gasteiger partial charge in [0.05, 0.1) is 0 Å². The highest BCUT2D eigenvalue weighted by molar-refractivity contribution is 5.09. The molecule has 0 N–H and O–H groups in total. The summed E-state index contributed by atoms with van der Waals surface area (Å²) in [6.07, 6.45) is 33.4. The highest BCUT2D eigenvalue weighted by Crippen LogP contribution is 2.68. The quantitative estimate of drug-likeness (QED) is 0.259. The predicted octanol–water partition coefficient (Wildman–Crippen LogP) is 19.4. The van der Waals surface area contributed by atoms with Crippen molar-refractivity contribution < 1.29 is 4.39 Å². The van der Waals surface area contributed by atoms with Crippen LogP contribution in [-0.4, -0.2) is 5.67 Å². The summed E-state index contributed by atoms with van der Waals surface area (Å²) in [4.78, 5) is 0. The second-order valence-corrected chi connectivity index (χ2v) is 26.9. The van der Waals surface area contributed by atoms with Crippen molar-refractivity contribution in [2.45, 2.75) is 273 Å². The van der Waals surface area contributed by atoms with Gasteiger partial charge in [0.25, 0.3) is 0 Å². The molecule has 10 fully saturated rings. The zero-order valence-electron chi connectivity index (χ0n) is 39.8. The SMILES string of the molecule is C.C.C.CC(C)C1(C)CC2(CCC2)C1.CC(C)C12CCC(C)(CC1)C2.CC(C)C1CC2(C1)CC(C)(F)C2.CC(C)C1CC2(CCC2)C1.CC1CC2(C1)CC(C(C)C)C2. The number of rotatable bonds is 5. The normalized spacial score (nSPS) is 41.6. The summed E-state index contributed by atoms with van der Waals surface area (Å²) >= 11 is 0. The standard InChI is InChI=1S/C11H19F.3C11H20.C10H18.3CH4/c1-8(2)9-4-11(5-9)6-10(3,12)7-11;1-8(2)10-6-11(7-10)4-9(3)5-11;1-9(2)11-6-4-10(3,8-11)5-7-11;1-9(2)10(3)7-11(8-10)5-4-6-11;1-8(2)9-6-10(7-9)4-3-5-10;;;/h8-9H,4-7H2,1-3H3;8-10H,4-7H2,1-3H3;2*9H,4-8H2,1-3H3;8-9H,3-7H2,1-2H3;3*1H4. The molecule has 1 heteroatoms. The average Bonchev–Trinajstić information content (AvgIpc) is 3.47. The Labute approximate surface area is 366 Å². The lowest BCUT2D eigenvalue weighted by atomic mass is 9.43. The number of alkyl halides is 1. The summed E-state index contributed by atoms with van der Waals surface area (Å²) in [5, 5.41) is 0. The molecular formula is C57H109F. The van der Waals surface area contributed by atoms with Gasteiger partial charge in [-0.05, 0) is 233 Å². The molecule has 0 heterocycles. The maximum absolute atomic E-state index is 13.2. The van der Waals surface area contributed by atoms with Gasteiger partial charge in [-0.3, -0.25) is 0 Å². The van der Waals surface area contributed by atoms with E-state index in [4.69, 9.17) is 0 Å². The van der Waals surface area contributed by atoms with Gasteiger partial charge >= 0.3 is 0 Å². The van der Waals surface area contributed by atoms with Crippen molar-refractivity contribution in [3.8, 4) is 0 Å². The van der Waals surface area contributed by atoms with Crippen LogP contribution in [-0.2, 0) is 0 Å². The van der Waals surface area contributed by atoms with Crippen LogP contribution in [0.3, 0.4) is 0 Å². The van der Waals surface area contributed by atoms with Crippen molar-refractivity contribution in [2.24, 2.45) is 91.2 Å². The fraction of sp³-hybridized carbons (Fsp3) is 1.00. The fourth-order valence-electron chi connectivity index (χ4n) is 15.6. The molecule has 10 saturated carbocycles. The molecule has 0 aliphatic heterocycles. The third kappa shape index (κ3) is 11.0. The summed E-state index contributed by atoms with van der Waals surface area (Å²) in [5.41, 5.74) is 4.50. The van der Waals surface area contributed by atoms with E-state index in [1.165, 1.54) is 96.3 Å². The summed E-state index contributed by atoms with van der Waals surface area (Å²) in [7, 11) is 0. The monoisotopic (exact) mass is 813 g/mol. The molecule has 0 amide bonds. The van der Waals surface area contributed by atoms with E-state index in [-0.39, 0.29) is 22.3 Å². The van der Waals surface area contributed by atoms with E-state index >= 15 is 0 Å². The first-order valence-electron chi connectivity index (χ1n) is 25.1. The van der Waals surface area contributed by atoms with E-state index in [2.05, 4.69) is 90.0 Å². The zero-order chi connectivity index (χ0) is 40.5. The van der Waals surface area contributed by atoms with Crippen LogP contribution in [0.15, 0.2) is 0 Å². The second-order valence-electron chi connectivity index (χ2n) is 26.9. The molecule has 0 unspecified atom stereocenters. The number of halogens is 1. The predicted molar refractivity (Wildman–Crippen MR) is 258 cm³/mol. The molecule has 0 aromatic heterocycles. The lowest BCUT2D eigenvalue weighted by Gasteiger charge is -2.62. The van der Waals surface area contributed by atoms with Gasteiger partial charge in [0.15, 0.2) is 0 Å². The van der Waals surface area contributed by atoms with Gasteiger partial charge in [-0.15, -0.1) is 0 Å². The number of hydrogen-bond donors (Lipinski definition) is 0. The molecular weight excluding hydrogens is 704 g/mol. The van der Waals surface area contributed by atoms with Crippen molar-refractivity contribution in [3.63, 3.8) is 0 Å². The van der Waals surface area contributed by atoms with Gasteiger partial charge in [-0.1, -0.05) is 125 Å². The molecule has 4 spiro atoms. The highest BCUT2D eigenvalue weighted by Gasteiger charge is 2.59. The van der Waals surface area contributed by atoms with Gasteiger partial charge in [0.1, 0.15) is 5.67 Å². The second kappa shape index (κ2) is 18.6. The number of fused-ring (bicyclic) bond motifs is 2. The van der Waals surface area contributed by atoms with Gasteiger partial charge in [0, 0.05) is 0 Å². The van der Waals surface area contributed by atoms with Crippen LogP contribution in [0.1, 0.15) is 267 Å². The van der Waals surface area contributed by atoms with Gasteiger partial charge in [-0.25, -0.2) is 4.39 Å². The largest absolute Gasteiger partial charge is 0.244 e. The van der Waals surface area contributed by atoms with Crippen LogP contribution in [0, 0.1) is 91.2 Å². The molecule has 10 rings (SSSR count). The van der Waals surface area contributed by atoms with Crippen molar-refractivity contribution in [1.82, 2.24) is 0 Å². The molecule has 0 atom stereocenters. The molecule has 0 aromatic rings. The highest BCUT2D eigenvalue weighted by atomic mass is 19.1. The first-order valence-corrected chi connectivity index (χ1v) is 25.1. The Kier molecular flexibility index (Phi) is 16.7. The van der Waals surface area contributed by atoms with Gasteiger partial charge in [0.2, 0.25) is 0 Å². The molecule has 10 aliphatic rings. The van der Waals surface area contributed by atoms with E-state index in [0.717, 1.165) is 93.2 Å². The van der Waals surface area contributed by atoms with E-state index in [0.29, 0.717) is 10.8 Å². The van der Waals surface area contributed by atoms with Crippen LogP contribution in [0.25, 0.3) is 0 Å². The maximum atomic E-state index is 13.2. The van der Waals surface area contributed by atoms with Crippen LogP contribution in [0.2, 0.25) is 0 Å². The van der Waals surface area contributed by atoms with E-state index in [1.54, 1.807) is 45.4 Å². The number of hydrogen-bond acceptors (Lipinski definition) is 0. The molecule has 0 saturated heterocycles. The van der Waals surface area contributed by atoms with Crippen molar-refractivity contribution in [1.29, 1.82) is 0 Å². The van der Waals surface area contributed by atoms with Crippen LogP contribution in [0.4, 0.5) is 4.39 Å². The molecule has 344 valence electrons. The molecule has 2 bridgehead atoms. The smallest absolute Gasteiger partial charge is 0.109 e. The Hall–Kier alpha value is -0.0700. The lowest BCUT2D eigenvalue weighted by molar-refractivity contribution is -0.139. The van der Waals surface area contributed by atoms with Crippen molar-refractivity contribution >= 4 is 0 Å². The molecule has 0 nitrogen and oxygen atoms in total. The molecule has 10 aliphatic carbocycles. The summed E-state index contributed by atoms with van der Waals surface area (Å²) < 4.78 is 13.2. The third-order valence-electron chi connectivity index (χ3n) is 20.3. The topological polar surface area (TPSA) is 0 Å². The molecule has 0 radical (unpaired) electrons. The fourth-order valence-corrected chi connectivity index (χ4v) is 15.6. The van der Waals surface area contributed by atoms with Crippen molar-refractivity contribution in [3.05, 3.63) is 0 Å². The summed E-state index contributed by atoms with van der Waals surface area (Å²) in [6, 6.07) is 0. The van der Waals surface area contributed by atoms with Crippen LogP contribution in [0.5, 0.6) is 0 Å². The van der Waals surface area contributed by atoms with E-state index in [9.17, 15) is 4.39 Å². The maximum Gasteiger partial charge on any atom is 0.109 e. The van der Waals surface area contributed by atoms with Crippen LogP contribution >= 0.6 is 0 Å². The Bertz CT molecular complexity index is 1210. The minimum absolute atomic E-state index is 0. The van der Waals surface area contributed by atoms with Crippen molar-refractivity contribution in [2.75, 3.05) is 0 Å². The Morgan fingerprint density at radius 1 is 0.414 bits per heavy atom. The van der Waals surface area contributed by atoms with Gasteiger partial charge in [-0.2, -0.15) is 0 Å². The minimum atomic E-state index is -0.818. The lowest BCUT2D eigenvalue weighted by Crippen LogP contribution is -2.55. The zero-order valence-corrected chi connectivity index (χ0v) is 39.8. The van der Waals surface area contributed by atoms with E-state index in [1.807, 2.05) is 0 Å². The Balaban J connectivity index is 0.000000192. The molecule has 58 heavy (non-hydrogen) atoms. The Morgan fingerprint density at radius 3 is 1.03 bits per heavy atom. The Morgan fingerprint density at radius 2 is 0.793 bits per heavy atom. The average molecular weight is 813 g/mol. The molecule has 0 aromatic carbocycles. The van der Waals surface area contributed by atoms with Gasteiger partial charge < -0.3 is 0 Å². The van der Waals surface area contributed by atoms with E-state index < -0.39 is 5.67 Å². The third-order valence-corrected chi connectivity index (χ3v) is 20.3. The van der Waals surface area contributed by atoms with Crippen LogP contribution < -0.4 is 0 Å². The summed E-state index contributed by atoms with van der Waals surface area (Å²) in [6.45, 7) is 32.8. The summed E-state index contributed by atoms with van der Waals surface area (Å²) in [5.74, 6) is 8.61.